The summed E-state index contributed by atoms with van der Waals surface area (Å²) < 4.78 is 6.11. The van der Waals surface area contributed by atoms with Gasteiger partial charge in [0, 0.05) is 5.92 Å². The van der Waals surface area contributed by atoms with E-state index in [4.69, 9.17) is 4.74 Å². The highest BCUT2D eigenvalue weighted by Crippen LogP contribution is 2.47. The smallest absolute Gasteiger partial charge is 0.120 e. The van der Waals surface area contributed by atoms with Gasteiger partial charge in [-0.25, -0.2) is 0 Å². The molecule has 146 valence electrons. The van der Waals surface area contributed by atoms with Crippen LogP contribution in [-0.4, -0.2) is 10.7 Å². The molecule has 0 heterocycles. The Bertz CT molecular complexity index is 884. The zero-order chi connectivity index (χ0) is 19.7. The van der Waals surface area contributed by atoms with Crippen LogP contribution in [0.1, 0.15) is 56.2 Å². The maximum absolute atomic E-state index is 9.77. The van der Waals surface area contributed by atoms with E-state index >= 15 is 0 Å². The molecule has 1 N–H and O–H groups in total. The molecule has 0 spiro atoms. The summed E-state index contributed by atoms with van der Waals surface area (Å²) in [6.07, 6.45) is 12.4. The number of ether oxygens (including phenoxy) is 1. The molecule has 0 saturated carbocycles. The van der Waals surface area contributed by atoms with Gasteiger partial charge in [0.1, 0.15) is 17.1 Å². The average molecular weight is 375 g/mol. The lowest BCUT2D eigenvalue weighted by atomic mass is 9.66. The lowest BCUT2D eigenvalue weighted by Crippen LogP contribution is -2.28. The zero-order valence-corrected chi connectivity index (χ0v) is 17.1. The van der Waals surface area contributed by atoms with E-state index in [9.17, 15) is 5.11 Å². The molecule has 1 unspecified atom stereocenters. The van der Waals surface area contributed by atoms with E-state index in [-0.39, 0.29) is 5.60 Å². The van der Waals surface area contributed by atoms with Crippen LogP contribution < -0.4 is 4.74 Å². The Kier molecular flexibility index (Phi) is 5.05. The minimum Gasteiger partial charge on any atom is -0.508 e. The summed E-state index contributed by atoms with van der Waals surface area (Å²) in [6.45, 7) is 6.26. The van der Waals surface area contributed by atoms with Crippen molar-refractivity contribution >= 4 is 0 Å². The molecule has 0 amide bonds. The number of phenols is 1. The molecule has 2 aliphatic rings. The average Bonchev–Trinajstić information content (AvgIpc) is 2.67. The monoisotopic (exact) mass is 374 g/mol. The summed E-state index contributed by atoms with van der Waals surface area (Å²) in [4.78, 5) is 0. The van der Waals surface area contributed by atoms with Gasteiger partial charge in [-0.2, -0.15) is 0 Å². The Hall–Kier alpha value is -2.48. The maximum atomic E-state index is 9.77. The van der Waals surface area contributed by atoms with Crippen LogP contribution in [0.3, 0.4) is 0 Å². The van der Waals surface area contributed by atoms with Gasteiger partial charge in [-0.3, -0.25) is 0 Å². The molecule has 0 bridgehead atoms. The van der Waals surface area contributed by atoms with Crippen LogP contribution in [0.2, 0.25) is 0 Å². The van der Waals surface area contributed by atoms with Crippen molar-refractivity contribution in [3.63, 3.8) is 0 Å². The van der Waals surface area contributed by atoms with Crippen LogP contribution in [0.5, 0.6) is 11.5 Å². The normalized spacial score (nSPS) is 24.0. The molecular weight excluding hydrogens is 344 g/mol. The van der Waals surface area contributed by atoms with Gasteiger partial charge in [-0.15, -0.1) is 0 Å². The lowest BCUT2D eigenvalue weighted by Gasteiger charge is -2.38. The quantitative estimate of drug-likeness (QED) is 0.674. The fourth-order valence-electron chi connectivity index (χ4n) is 4.73. The Balaban J connectivity index is 1.73. The number of fused-ring (bicyclic) bond motifs is 1. The van der Waals surface area contributed by atoms with Gasteiger partial charge < -0.3 is 9.84 Å². The van der Waals surface area contributed by atoms with Crippen molar-refractivity contribution in [2.24, 2.45) is 11.8 Å². The standard InChI is InChI=1S/C26H30O2/c1-26(2,3)28-22-14-16-24-20(17-22)11-15-23(18-7-5-4-6-8-18)25(24)19-9-12-21(27)13-10-19/h4-7,9-10,12-14,16-18,23,25,27H,8,11,15H2,1-3H3/t18?,23-,25+/m1/s1. The highest BCUT2D eigenvalue weighted by Gasteiger charge is 2.35. The first-order valence-corrected chi connectivity index (χ1v) is 10.3. The maximum Gasteiger partial charge on any atom is 0.120 e. The third-order valence-corrected chi connectivity index (χ3v) is 5.86. The summed E-state index contributed by atoms with van der Waals surface area (Å²) >= 11 is 0. The van der Waals surface area contributed by atoms with E-state index in [0.717, 1.165) is 18.6 Å². The zero-order valence-electron chi connectivity index (χ0n) is 17.1. The third-order valence-electron chi connectivity index (χ3n) is 5.86. The number of allylic oxidation sites excluding steroid dienone is 4. The van der Waals surface area contributed by atoms with E-state index in [0.29, 0.717) is 23.5 Å². The SMILES string of the molecule is CC(C)(C)Oc1ccc2c(c1)CC[C@H](C1C=CC=CC1)[C@@H]2c1ccc(O)cc1. The van der Waals surface area contributed by atoms with Crippen molar-refractivity contribution in [2.45, 2.75) is 51.6 Å². The van der Waals surface area contributed by atoms with Crippen LogP contribution in [0.25, 0.3) is 0 Å². The number of aryl methyl sites for hydroxylation is 1. The molecule has 2 aromatic rings. The minimum atomic E-state index is -0.193. The van der Waals surface area contributed by atoms with E-state index in [1.54, 1.807) is 0 Å². The number of rotatable bonds is 3. The fourth-order valence-corrected chi connectivity index (χ4v) is 4.73. The highest BCUT2D eigenvalue weighted by molar-refractivity contribution is 5.46. The first-order valence-electron chi connectivity index (χ1n) is 10.3. The fraction of sp³-hybridized carbons (Fsp3) is 0.385. The summed E-state index contributed by atoms with van der Waals surface area (Å²) in [5, 5.41) is 9.77. The van der Waals surface area contributed by atoms with E-state index in [2.05, 4.69) is 75.4 Å². The van der Waals surface area contributed by atoms with Crippen molar-refractivity contribution in [2.75, 3.05) is 0 Å². The van der Waals surface area contributed by atoms with Crippen LogP contribution in [-0.2, 0) is 6.42 Å². The van der Waals surface area contributed by atoms with E-state index < -0.39 is 0 Å². The van der Waals surface area contributed by atoms with E-state index in [1.165, 1.54) is 23.1 Å². The molecule has 28 heavy (non-hydrogen) atoms. The first-order chi connectivity index (χ1) is 13.4. The Morgan fingerprint density at radius 2 is 1.79 bits per heavy atom. The molecule has 0 aliphatic heterocycles. The summed E-state index contributed by atoms with van der Waals surface area (Å²) in [7, 11) is 0. The lowest BCUT2D eigenvalue weighted by molar-refractivity contribution is 0.130. The second-order valence-corrected chi connectivity index (χ2v) is 9.06. The molecular formula is C26H30O2. The van der Waals surface area contributed by atoms with Gasteiger partial charge in [0.25, 0.3) is 0 Å². The molecule has 3 atom stereocenters. The number of hydrogen-bond donors (Lipinski definition) is 1. The molecule has 2 nitrogen and oxygen atoms in total. The number of hydrogen-bond acceptors (Lipinski definition) is 2. The Morgan fingerprint density at radius 3 is 2.46 bits per heavy atom. The molecule has 0 fully saturated rings. The first kappa shape index (κ1) is 18.9. The third kappa shape index (κ3) is 4.01. The molecule has 2 aliphatic carbocycles. The van der Waals surface area contributed by atoms with Crippen LogP contribution in [0.15, 0.2) is 66.8 Å². The second kappa shape index (κ2) is 7.50. The Labute approximate surface area is 168 Å². The van der Waals surface area contributed by atoms with Crippen molar-refractivity contribution in [3.8, 4) is 11.5 Å². The number of benzene rings is 2. The Morgan fingerprint density at radius 1 is 1.00 bits per heavy atom. The number of aromatic hydroxyl groups is 1. The number of phenolic OH excluding ortho intramolecular Hbond substituents is 1. The largest absolute Gasteiger partial charge is 0.508 e. The second-order valence-electron chi connectivity index (χ2n) is 9.06. The summed E-state index contributed by atoms with van der Waals surface area (Å²) in [5.41, 5.74) is 3.90. The van der Waals surface area contributed by atoms with Gasteiger partial charge in [0.15, 0.2) is 0 Å². The van der Waals surface area contributed by atoms with Gasteiger partial charge >= 0.3 is 0 Å². The molecule has 0 saturated heterocycles. The minimum absolute atomic E-state index is 0.193. The van der Waals surface area contributed by atoms with Gasteiger partial charge in [-0.1, -0.05) is 42.5 Å². The highest BCUT2D eigenvalue weighted by atomic mass is 16.5. The summed E-state index contributed by atoms with van der Waals surface area (Å²) in [5.74, 6) is 2.74. The predicted molar refractivity (Wildman–Crippen MR) is 115 cm³/mol. The molecule has 0 aromatic heterocycles. The van der Waals surface area contributed by atoms with Crippen LogP contribution >= 0.6 is 0 Å². The van der Waals surface area contributed by atoms with Crippen LogP contribution in [0, 0.1) is 11.8 Å². The molecule has 4 rings (SSSR count). The van der Waals surface area contributed by atoms with E-state index in [1.807, 2.05) is 12.1 Å². The van der Waals surface area contributed by atoms with Crippen molar-refractivity contribution in [1.29, 1.82) is 0 Å². The summed E-state index contributed by atoms with van der Waals surface area (Å²) in [6, 6.07) is 14.4. The predicted octanol–water partition coefficient (Wildman–Crippen LogP) is 6.40. The van der Waals surface area contributed by atoms with Gasteiger partial charge in [-0.05, 0) is 92.8 Å². The van der Waals surface area contributed by atoms with Gasteiger partial charge in [0.05, 0.1) is 0 Å². The van der Waals surface area contributed by atoms with Crippen molar-refractivity contribution < 1.29 is 9.84 Å². The van der Waals surface area contributed by atoms with Gasteiger partial charge in [0.2, 0.25) is 0 Å². The van der Waals surface area contributed by atoms with Crippen molar-refractivity contribution in [3.05, 3.63) is 83.5 Å². The molecule has 0 radical (unpaired) electrons. The topological polar surface area (TPSA) is 29.5 Å². The molecule has 2 aromatic carbocycles. The van der Waals surface area contributed by atoms with Crippen LogP contribution in [0.4, 0.5) is 0 Å². The van der Waals surface area contributed by atoms with Crippen molar-refractivity contribution in [1.82, 2.24) is 0 Å². The molecule has 2 heteroatoms.